The van der Waals surface area contributed by atoms with E-state index in [1.165, 1.54) is 6.26 Å². The molecule has 0 saturated heterocycles. The van der Waals surface area contributed by atoms with Gasteiger partial charge in [-0.1, -0.05) is 36.8 Å². The summed E-state index contributed by atoms with van der Waals surface area (Å²) in [6.07, 6.45) is 2.28. The summed E-state index contributed by atoms with van der Waals surface area (Å²) in [5.74, 6) is 0. The van der Waals surface area contributed by atoms with Crippen LogP contribution in [-0.4, -0.2) is 26.5 Å². The van der Waals surface area contributed by atoms with Crippen molar-refractivity contribution in [1.29, 1.82) is 0 Å². The van der Waals surface area contributed by atoms with Crippen molar-refractivity contribution in [3.63, 3.8) is 0 Å². The van der Waals surface area contributed by atoms with Crippen LogP contribution in [-0.2, 0) is 9.84 Å². The number of sulfone groups is 1. The normalized spacial score (nSPS) is 15.3. The minimum absolute atomic E-state index is 0.139. The largest absolute Gasteiger partial charge is 0.309 e. The molecule has 102 valence electrons. The van der Waals surface area contributed by atoms with Gasteiger partial charge in [0.15, 0.2) is 9.84 Å². The summed E-state index contributed by atoms with van der Waals surface area (Å²) in [7, 11) is -3.06. The van der Waals surface area contributed by atoms with Crippen LogP contribution in [0.25, 0.3) is 0 Å². The summed E-state index contributed by atoms with van der Waals surface area (Å²) in [4.78, 5) is 0. The maximum atomic E-state index is 11.8. The third kappa shape index (κ3) is 4.10. The van der Waals surface area contributed by atoms with Crippen LogP contribution in [0.4, 0.5) is 0 Å². The van der Waals surface area contributed by atoms with Crippen molar-refractivity contribution in [1.82, 2.24) is 5.32 Å². The van der Waals surface area contributed by atoms with Crippen molar-refractivity contribution in [3.05, 3.63) is 35.4 Å². The van der Waals surface area contributed by atoms with Crippen LogP contribution < -0.4 is 5.32 Å². The lowest BCUT2D eigenvalue weighted by Gasteiger charge is -2.24. The predicted octanol–water partition coefficient (Wildman–Crippen LogP) is 2.47. The quantitative estimate of drug-likeness (QED) is 0.863. The third-order valence-corrected chi connectivity index (χ3v) is 4.78. The van der Waals surface area contributed by atoms with E-state index in [0.717, 1.165) is 24.1 Å². The Hall–Kier alpha value is -0.870. The summed E-state index contributed by atoms with van der Waals surface area (Å²) >= 11 is 0. The van der Waals surface area contributed by atoms with E-state index in [1.54, 1.807) is 6.92 Å². The van der Waals surface area contributed by atoms with Gasteiger partial charge in [-0.2, -0.15) is 0 Å². The highest BCUT2D eigenvalue weighted by atomic mass is 32.2. The van der Waals surface area contributed by atoms with Crippen molar-refractivity contribution in [2.75, 3.05) is 12.8 Å². The molecule has 2 unspecified atom stereocenters. The lowest BCUT2D eigenvalue weighted by Crippen LogP contribution is -2.35. The molecule has 1 aromatic rings. The zero-order valence-corrected chi connectivity index (χ0v) is 12.4. The van der Waals surface area contributed by atoms with E-state index in [-0.39, 0.29) is 6.04 Å². The van der Waals surface area contributed by atoms with Crippen LogP contribution in [0, 0.1) is 6.92 Å². The van der Waals surface area contributed by atoms with Gasteiger partial charge in [0.2, 0.25) is 0 Å². The molecule has 0 radical (unpaired) electrons. The Morgan fingerprint density at radius 1 is 1.33 bits per heavy atom. The predicted molar refractivity (Wildman–Crippen MR) is 76.5 cm³/mol. The molecule has 0 aliphatic carbocycles. The smallest absolute Gasteiger partial charge is 0.151 e. The Bertz CT molecular complexity index is 482. The number of nitrogens with one attached hydrogen (secondary N) is 1. The van der Waals surface area contributed by atoms with E-state index in [9.17, 15) is 8.42 Å². The summed E-state index contributed by atoms with van der Waals surface area (Å²) in [6, 6.07) is 7.89. The van der Waals surface area contributed by atoms with Gasteiger partial charge in [-0.3, -0.25) is 0 Å². The molecule has 0 heterocycles. The standard InChI is InChI=1S/C14H23NO2S/c1-5-9-15-14(12(3)18(4,16)17)13-8-6-7-11(2)10-13/h6-8,10,12,14-15H,5,9H2,1-4H3. The summed E-state index contributed by atoms with van der Waals surface area (Å²) in [5, 5.41) is 2.91. The minimum atomic E-state index is -3.06. The number of rotatable bonds is 6. The Kier molecular flexibility index (Phi) is 5.35. The van der Waals surface area contributed by atoms with E-state index in [1.807, 2.05) is 25.1 Å². The first-order valence-corrected chi connectivity index (χ1v) is 8.30. The van der Waals surface area contributed by atoms with E-state index < -0.39 is 15.1 Å². The number of hydrogen-bond donors (Lipinski definition) is 1. The van der Waals surface area contributed by atoms with E-state index in [0.29, 0.717) is 0 Å². The SMILES string of the molecule is CCCNC(c1cccc(C)c1)C(C)S(C)(=O)=O. The Morgan fingerprint density at radius 3 is 2.50 bits per heavy atom. The average Bonchev–Trinajstić information content (AvgIpc) is 2.28. The summed E-state index contributed by atoms with van der Waals surface area (Å²) < 4.78 is 23.5. The monoisotopic (exact) mass is 269 g/mol. The highest BCUT2D eigenvalue weighted by molar-refractivity contribution is 7.91. The molecule has 2 atom stereocenters. The van der Waals surface area contributed by atoms with Gasteiger partial charge in [-0.15, -0.1) is 0 Å². The molecular weight excluding hydrogens is 246 g/mol. The molecule has 0 bridgehead atoms. The van der Waals surface area contributed by atoms with Crippen molar-refractivity contribution < 1.29 is 8.42 Å². The molecule has 3 nitrogen and oxygen atoms in total. The zero-order valence-electron chi connectivity index (χ0n) is 11.6. The lowest BCUT2D eigenvalue weighted by molar-refractivity contribution is 0.500. The van der Waals surface area contributed by atoms with E-state index in [2.05, 4.69) is 18.3 Å². The van der Waals surface area contributed by atoms with Gasteiger partial charge in [-0.25, -0.2) is 8.42 Å². The Labute approximate surface area is 111 Å². The fraction of sp³-hybridized carbons (Fsp3) is 0.571. The fourth-order valence-electron chi connectivity index (χ4n) is 1.97. The first-order chi connectivity index (χ1) is 8.36. The Balaban J connectivity index is 3.05. The van der Waals surface area contributed by atoms with Crippen LogP contribution in [0.2, 0.25) is 0 Å². The first kappa shape index (κ1) is 15.2. The Morgan fingerprint density at radius 2 is 2.00 bits per heavy atom. The maximum absolute atomic E-state index is 11.8. The molecule has 0 amide bonds. The van der Waals surface area contributed by atoms with Gasteiger partial charge in [0.1, 0.15) is 0 Å². The van der Waals surface area contributed by atoms with Gasteiger partial charge < -0.3 is 5.32 Å². The van der Waals surface area contributed by atoms with Crippen LogP contribution in [0.5, 0.6) is 0 Å². The molecule has 1 N–H and O–H groups in total. The average molecular weight is 269 g/mol. The van der Waals surface area contributed by atoms with Crippen LogP contribution in [0.1, 0.15) is 37.4 Å². The number of benzene rings is 1. The van der Waals surface area contributed by atoms with Gasteiger partial charge in [0.25, 0.3) is 0 Å². The molecule has 4 heteroatoms. The van der Waals surface area contributed by atoms with Crippen LogP contribution in [0.15, 0.2) is 24.3 Å². The molecule has 0 aliphatic rings. The van der Waals surface area contributed by atoms with Gasteiger partial charge in [-0.05, 0) is 32.4 Å². The topological polar surface area (TPSA) is 46.2 Å². The third-order valence-electron chi connectivity index (χ3n) is 3.16. The van der Waals surface area contributed by atoms with Crippen LogP contribution in [0.3, 0.4) is 0 Å². The van der Waals surface area contributed by atoms with Crippen LogP contribution >= 0.6 is 0 Å². The zero-order chi connectivity index (χ0) is 13.8. The summed E-state index contributed by atoms with van der Waals surface area (Å²) in [6.45, 7) is 6.68. The molecule has 0 fully saturated rings. The summed E-state index contributed by atoms with van der Waals surface area (Å²) in [5.41, 5.74) is 2.19. The van der Waals surface area contributed by atoms with Crippen molar-refractivity contribution >= 4 is 9.84 Å². The second kappa shape index (κ2) is 6.34. The molecule has 1 rings (SSSR count). The van der Waals surface area contributed by atoms with E-state index >= 15 is 0 Å². The molecule has 18 heavy (non-hydrogen) atoms. The minimum Gasteiger partial charge on any atom is -0.309 e. The fourth-order valence-corrected chi connectivity index (χ4v) is 2.71. The van der Waals surface area contributed by atoms with Gasteiger partial charge in [0.05, 0.1) is 5.25 Å². The molecule has 0 saturated carbocycles. The van der Waals surface area contributed by atoms with Crippen molar-refractivity contribution in [3.8, 4) is 0 Å². The molecule has 1 aromatic carbocycles. The number of hydrogen-bond acceptors (Lipinski definition) is 3. The first-order valence-electron chi connectivity index (χ1n) is 6.35. The second-order valence-corrected chi connectivity index (χ2v) is 7.28. The highest BCUT2D eigenvalue weighted by Gasteiger charge is 2.26. The molecular formula is C14H23NO2S. The molecule has 0 aliphatic heterocycles. The second-order valence-electron chi connectivity index (χ2n) is 4.88. The van der Waals surface area contributed by atoms with Gasteiger partial charge in [0, 0.05) is 12.3 Å². The lowest BCUT2D eigenvalue weighted by atomic mass is 10.0. The number of aryl methyl sites for hydroxylation is 1. The molecule has 0 spiro atoms. The van der Waals surface area contributed by atoms with E-state index in [4.69, 9.17) is 0 Å². The highest BCUT2D eigenvalue weighted by Crippen LogP contribution is 2.22. The van der Waals surface area contributed by atoms with Crippen molar-refractivity contribution in [2.24, 2.45) is 0 Å². The van der Waals surface area contributed by atoms with Gasteiger partial charge >= 0.3 is 0 Å². The maximum Gasteiger partial charge on any atom is 0.151 e. The van der Waals surface area contributed by atoms with Crippen molar-refractivity contribution in [2.45, 2.75) is 38.5 Å². The molecule has 0 aromatic heterocycles.